The van der Waals surface area contributed by atoms with Gasteiger partial charge < -0.3 is 10.0 Å². The molecule has 0 aromatic heterocycles. The highest BCUT2D eigenvalue weighted by Gasteiger charge is 2.19. The topological polar surface area (TPSA) is 57.6 Å². The van der Waals surface area contributed by atoms with Crippen LogP contribution in [0.15, 0.2) is 0 Å². The number of carboxylic acids is 1. The van der Waals surface area contributed by atoms with Crippen molar-refractivity contribution >= 4 is 11.9 Å². The predicted octanol–water partition coefficient (Wildman–Crippen LogP) is 1.50. The van der Waals surface area contributed by atoms with Crippen LogP contribution in [0, 0.1) is 5.92 Å². The van der Waals surface area contributed by atoms with Crippen molar-refractivity contribution in [3.05, 3.63) is 0 Å². The van der Waals surface area contributed by atoms with E-state index in [-0.39, 0.29) is 0 Å². The summed E-state index contributed by atoms with van der Waals surface area (Å²) in [6.07, 6.45) is 7.28. The SMILES string of the molecule is CN(CCC1CCCCC1)C(=O)C(=O)O. The first-order valence-electron chi connectivity index (χ1n) is 5.59. The zero-order valence-corrected chi connectivity index (χ0v) is 9.24. The molecule has 1 rings (SSSR count). The molecule has 0 atom stereocenters. The highest BCUT2D eigenvalue weighted by molar-refractivity contribution is 6.31. The van der Waals surface area contributed by atoms with E-state index < -0.39 is 11.9 Å². The second-order valence-corrected chi connectivity index (χ2v) is 4.32. The van der Waals surface area contributed by atoms with Crippen molar-refractivity contribution in [3.8, 4) is 0 Å². The number of hydrogen-bond donors (Lipinski definition) is 1. The van der Waals surface area contributed by atoms with Gasteiger partial charge in [0.2, 0.25) is 0 Å². The van der Waals surface area contributed by atoms with Crippen molar-refractivity contribution in [2.24, 2.45) is 5.92 Å². The molecule has 4 heteroatoms. The minimum atomic E-state index is -1.36. The zero-order chi connectivity index (χ0) is 11.3. The maximum atomic E-state index is 11.0. The average Bonchev–Trinajstić information content (AvgIpc) is 2.26. The summed E-state index contributed by atoms with van der Waals surface area (Å²) >= 11 is 0. The fourth-order valence-corrected chi connectivity index (χ4v) is 2.12. The smallest absolute Gasteiger partial charge is 0.394 e. The van der Waals surface area contributed by atoms with Crippen LogP contribution in [0.3, 0.4) is 0 Å². The van der Waals surface area contributed by atoms with Crippen LogP contribution >= 0.6 is 0 Å². The van der Waals surface area contributed by atoms with Crippen LogP contribution < -0.4 is 0 Å². The number of carbonyl (C=O) groups excluding carboxylic acids is 1. The molecular weight excluding hydrogens is 194 g/mol. The van der Waals surface area contributed by atoms with Crippen LogP contribution in [0.2, 0.25) is 0 Å². The number of aliphatic carboxylic acids is 1. The summed E-state index contributed by atoms with van der Waals surface area (Å²) < 4.78 is 0. The van der Waals surface area contributed by atoms with Gasteiger partial charge in [0.05, 0.1) is 0 Å². The largest absolute Gasteiger partial charge is 0.474 e. The molecule has 1 N–H and O–H groups in total. The molecule has 0 heterocycles. The van der Waals surface area contributed by atoms with Crippen LogP contribution in [0.5, 0.6) is 0 Å². The molecule has 0 unspecified atom stereocenters. The van der Waals surface area contributed by atoms with Crippen molar-refractivity contribution in [2.45, 2.75) is 38.5 Å². The van der Waals surface area contributed by atoms with Crippen LogP contribution in [0.25, 0.3) is 0 Å². The van der Waals surface area contributed by atoms with E-state index >= 15 is 0 Å². The molecule has 1 saturated carbocycles. The van der Waals surface area contributed by atoms with Crippen molar-refractivity contribution in [2.75, 3.05) is 13.6 Å². The van der Waals surface area contributed by atoms with Crippen LogP contribution in [0.4, 0.5) is 0 Å². The van der Waals surface area contributed by atoms with E-state index in [2.05, 4.69) is 0 Å². The third-order valence-corrected chi connectivity index (χ3v) is 3.13. The Balaban J connectivity index is 2.23. The van der Waals surface area contributed by atoms with E-state index in [0.29, 0.717) is 12.5 Å². The van der Waals surface area contributed by atoms with Gasteiger partial charge in [-0.3, -0.25) is 4.79 Å². The van der Waals surface area contributed by atoms with Gasteiger partial charge in [-0.2, -0.15) is 0 Å². The van der Waals surface area contributed by atoms with E-state index in [4.69, 9.17) is 5.11 Å². The Bertz CT molecular complexity index is 234. The Morgan fingerprint density at radius 2 is 1.87 bits per heavy atom. The number of carbonyl (C=O) groups is 2. The number of hydrogen-bond acceptors (Lipinski definition) is 2. The molecule has 4 nitrogen and oxygen atoms in total. The quantitative estimate of drug-likeness (QED) is 0.723. The third-order valence-electron chi connectivity index (χ3n) is 3.13. The van der Waals surface area contributed by atoms with Crippen LogP contribution in [-0.4, -0.2) is 35.5 Å². The van der Waals surface area contributed by atoms with Gasteiger partial charge in [-0.1, -0.05) is 32.1 Å². The molecule has 0 aromatic carbocycles. The standard InChI is InChI=1S/C11H19NO3/c1-12(10(13)11(14)15)8-7-9-5-3-2-4-6-9/h9H,2-8H2,1H3,(H,14,15). The highest BCUT2D eigenvalue weighted by atomic mass is 16.4. The summed E-state index contributed by atoms with van der Waals surface area (Å²) in [4.78, 5) is 22.7. The van der Waals surface area contributed by atoms with Gasteiger partial charge in [-0.05, 0) is 12.3 Å². The first kappa shape index (κ1) is 12.0. The fraction of sp³-hybridized carbons (Fsp3) is 0.818. The molecule has 1 amide bonds. The lowest BCUT2D eigenvalue weighted by Gasteiger charge is -2.23. The van der Waals surface area contributed by atoms with Gasteiger partial charge in [0.25, 0.3) is 0 Å². The fourth-order valence-electron chi connectivity index (χ4n) is 2.12. The average molecular weight is 213 g/mol. The molecule has 0 aliphatic heterocycles. The molecule has 1 fully saturated rings. The minimum absolute atomic E-state index is 0.565. The van der Waals surface area contributed by atoms with Crippen molar-refractivity contribution in [1.29, 1.82) is 0 Å². The number of rotatable bonds is 3. The number of carboxylic acid groups (broad SMARTS) is 1. The Hall–Kier alpha value is -1.06. The molecule has 0 bridgehead atoms. The first-order chi connectivity index (χ1) is 7.11. The number of nitrogens with zero attached hydrogens (tertiary/aromatic N) is 1. The van der Waals surface area contributed by atoms with Gasteiger partial charge in [-0.15, -0.1) is 0 Å². The molecule has 1 aliphatic carbocycles. The molecule has 0 saturated heterocycles. The molecule has 0 radical (unpaired) electrons. The van der Waals surface area contributed by atoms with Crippen molar-refractivity contribution in [1.82, 2.24) is 4.90 Å². The molecule has 15 heavy (non-hydrogen) atoms. The summed E-state index contributed by atoms with van der Waals surface area (Å²) in [6, 6.07) is 0. The van der Waals surface area contributed by atoms with Gasteiger partial charge in [-0.25, -0.2) is 4.79 Å². The Kier molecular flexibility index (Phi) is 4.59. The van der Waals surface area contributed by atoms with Gasteiger partial charge >= 0.3 is 11.9 Å². The van der Waals surface area contributed by atoms with Crippen LogP contribution in [0.1, 0.15) is 38.5 Å². The molecule has 1 aliphatic rings. The van der Waals surface area contributed by atoms with Crippen molar-refractivity contribution < 1.29 is 14.7 Å². The van der Waals surface area contributed by atoms with Crippen LogP contribution in [-0.2, 0) is 9.59 Å². The lowest BCUT2D eigenvalue weighted by atomic mass is 9.87. The lowest BCUT2D eigenvalue weighted by molar-refractivity contribution is -0.155. The van der Waals surface area contributed by atoms with Gasteiger partial charge in [0.1, 0.15) is 0 Å². The summed E-state index contributed by atoms with van der Waals surface area (Å²) in [5.41, 5.74) is 0. The van der Waals surface area contributed by atoms with E-state index in [0.717, 1.165) is 6.42 Å². The summed E-state index contributed by atoms with van der Waals surface area (Å²) in [6.45, 7) is 0.565. The highest BCUT2D eigenvalue weighted by Crippen LogP contribution is 2.26. The molecular formula is C11H19NO3. The Labute approximate surface area is 90.3 Å². The number of amides is 1. The normalized spacial score (nSPS) is 17.4. The molecule has 0 aromatic rings. The maximum absolute atomic E-state index is 11.0. The Morgan fingerprint density at radius 1 is 1.27 bits per heavy atom. The van der Waals surface area contributed by atoms with E-state index in [1.54, 1.807) is 7.05 Å². The van der Waals surface area contributed by atoms with Crippen molar-refractivity contribution in [3.63, 3.8) is 0 Å². The molecule has 86 valence electrons. The van der Waals surface area contributed by atoms with E-state index in [1.165, 1.54) is 37.0 Å². The molecule has 0 spiro atoms. The van der Waals surface area contributed by atoms with E-state index in [1.807, 2.05) is 0 Å². The summed E-state index contributed by atoms with van der Waals surface area (Å²) in [5.74, 6) is -1.48. The maximum Gasteiger partial charge on any atom is 0.394 e. The third kappa shape index (κ3) is 3.90. The number of likely N-dealkylation sites (N-methyl/N-ethyl adjacent to an activating group) is 1. The second kappa shape index (κ2) is 5.73. The predicted molar refractivity (Wildman–Crippen MR) is 56.5 cm³/mol. The second-order valence-electron chi connectivity index (χ2n) is 4.32. The summed E-state index contributed by atoms with van der Waals surface area (Å²) in [7, 11) is 1.55. The lowest BCUT2D eigenvalue weighted by Crippen LogP contribution is -2.34. The Morgan fingerprint density at radius 3 is 2.40 bits per heavy atom. The summed E-state index contributed by atoms with van der Waals surface area (Å²) in [5, 5.41) is 8.50. The van der Waals surface area contributed by atoms with E-state index in [9.17, 15) is 9.59 Å². The zero-order valence-electron chi connectivity index (χ0n) is 9.24. The van der Waals surface area contributed by atoms with Gasteiger partial charge in [0, 0.05) is 13.6 Å². The van der Waals surface area contributed by atoms with Gasteiger partial charge in [0.15, 0.2) is 0 Å². The minimum Gasteiger partial charge on any atom is -0.474 e. The monoisotopic (exact) mass is 213 g/mol. The first-order valence-corrected chi connectivity index (χ1v) is 5.59.